The number of amides is 2. The number of urea groups is 1. The van der Waals surface area contributed by atoms with Gasteiger partial charge in [-0.15, -0.1) is 0 Å². The summed E-state index contributed by atoms with van der Waals surface area (Å²) in [6, 6.07) is 1.41. The highest BCUT2D eigenvalue weighted by atomic mass is 16.4. The molecular formula is C12H20N4O4. The lowest BCUT2D eigenvalue weighted by Crippen LogP contribution is -2.46. The molecule has 8 heteroatoms. The minimum absolute atomic E-state index is 0.128. The summed E-state index contributed by atoms with van der Waals surface area (Å²) in [7, 11) is 1.82. The molecule has 0 aliphatic carbocycles. The number of nitrogens with zero attached hydrogens (tertiary/aromatic N) is 2. The van der Waals surface area contributed by atoms with Crippen molar-refractivity contribution < 1.29 is 19.8 Å². The van der Waals surface area contributed by atoms with Gasteiger partial charge in [0.25, 0.3) is 0 Å². The molecule has 0 aliphatic heterocycles. The number of aromatic nitrogens is 2. The molecule has 4 N–H and O–H groups in total. The molecule has 0 saturated carbocycles. The number of carbonyl (C=O) groups excluding carboxylic acids is 1. The van der Waals surface area contributed by atoms with Crippen molar-refractivity contribution in [2.24, 2.45) is 7.05 Å². The Kier molecular flexibility index (Phi) is 5.51. The van der Waals surface area contributed by atoms with Crippen LogP contribution in [0.3, 0.4) is 0 Å². The van der Waals surface area contributed by atoms with Gasteiger partial charge in [-0.3, -0.25) is 9.48 Å². The maximum absolute atomic E-state index is 11.5. The van der Waals surface area contributed by atoms with Crippen molar-refractivity contribution in [1.82, 2.24) is 20.4 Å². The first-order chi connectivity index (χ1) is 9.30. The number of hydrogen-bond acceptors (Lipinski definition) is 4. The Bertz CT molecular complexity index is 470. The molecule has 0 bridgehead atoms. The van der Waals surface area contributed by atoms with E-state index in [0.717, 1.165) is 5.69 Å². The number of carboxylic acids is 1. The summed E-state index contributed by atoms with van der Waals surface area (Å²) in [5.74, 6) is -1.12. The van der Waals surface area contributed by atoms with E-state index in [1.165, 1.54) is 6.92 Å². The van der Waals surface area contributed by atoms with Gasteiger partial charge < -0.3 is 20.8 Å². The summed E-state index contributed by atoms with van der Waals surface area (Å²) in [5.41, 5.74) is -0.478. The first-order valence-corrected chi connectivity index (χ1v) is 6.23. The summed E-state index contributed by atoms with van der Waals surface area (Å²) >= 11 is 0. The van der Waals surface area contributed by atoms with Crippen LogP contribution in [-0.2, 0) is 18.3 Å². The third kappa shape index (κ3) is 5.70. The Morgan fingerprint density at radius 1 is 1.45 bits per heavy atom. The normalized spacial score (nSPS) is 13.6. The summed E-state index contributed by atoms with van der Waals surface area (Å²) in [6.45, 7) is 1.65. The largest absolute Gasteiger partial charge is 0.481 e. The van der Waals surface area contributed by atoms with Gasteiger partial charge in [0.2, 0.25) is 0 Å². The maximum Gasteiger partial charge on any atom is 0.314 e. The summed E-state index contributed by atoms with van der Waals surface area (Å²) in [4.78, 5) is 22.0. The molecule has 0 spiro atoms. The van der Waals surface area contributed by atoms with Gasteiger partial charge in [0.15, 0.2) is 0 Å². The molecule has 1 unspecified atom stereocenters. The van der Waals surface area contributed by atoms with E-state index < -0.39 is 24.0 Å². The fourth-order valence-electron chi connectivity index (χ4n) is 1.67. The Labute approximate surface area is 116 Å². The van der Waals surface area contributed by atoms with Gasteiger partial charge in [0.05, 0.1) is 12.0 Å². The minimum Gasteiger partial charge on any atom is -0.481 e. The average Bonchev–Trinajstić information content (AvgIpc) is 2.71. The van der Waals surface area contributed by atoms with Crippen LogP contribution in [0.15, 0.2) is 12.3 Å². The van der Waals surface area contributed by atoms with Crippen molar-refractivity contribution in [1.29, 1.82) is 0 Å². The first kappa shape index (κ1) is 16.0. The Morgan fingerprint density at radius 2 is 2.15 bits per heavy atom. The number of aryl methyl sites for hydroxylation is 1. The molecule has 1 aromatic rings. The standard InChI is InChI=1S/C12H20N4O4/c1-12(20,7-10(17)18)8-14-11(19)13-5-3-9-4-6-15-16(9)2/h4,6,20H,3,5,7-8H2,1-2H3,(H,17,18)(H2,13,14,19). The lowest BCUT2D eigenvalue weighted by atomic mass is 10.0. The van der Waals surface area contributed by atoms with Gasteiger partial charge >= 0.3 is 12.0 Å². The van der Waals surface area contributed by atoms with Crippen LogP contribution in [0.25, 0.3) is 0 Å². The summed E-state index contributed by atoms with van der Waals surface area (Å²) < 4.78 is 1.72. The van der Waals surface area contributed by atoms with E-state index in [1.54, 1.807) is 10.9 Å². The smallest absolute Gasteiger partial charge is 0.314 e. The number of aliphatic hydroxyl groups is 1. The van der Waals surface area contributed by atoms with Crippen molar-refractivity contribution >= 4 is 12.0 Å². The number of nitrogens with one attached hydrogen (secondary N) is 2. The second-order valence-corrected chi connectivity index (χ2v) is 4.87. The Hall–Kier alpha value is -2.09. The van der Waals surface area contributed by atoms with Gasteiger partial charge in [-0.1, -0.05) is 0 Å². The molecule has 8 nitrogen and oxygen atoms in total. The molecule has 112 valence electrons. The van der Waals surface area contributed by atoms with Gasteiger partial charge in [0, 0.05) is 38.4 Å². The van der Waals surface area contributed by atoms with Crippen molar-refractivity contribution in [2.75, 3.05) is 13.1 Å². The van der Waals surface area contributed by atoms with E-state index in [2.05, 4.69) is 15.7 Å². The molecule has 0 aliphatic rings. The Balaban J connectivity index is 2.24. The molecule has 0 saturated heterocycles. The summed E-state index contributed by atoms with van der Waals surface area (Å²) in [5, 5.41) is 27.4. The van der Waals surface area contributed by atoms with Gasteiger partial charge in [-0.25, -0.2) is 4.79 Å². The van der Waals surface area contributed by atoms with Crippen LogP contribution in [0.2, 0.25) is 0 Å². The molecule has 0 radical (unpaired) electrons. The monoisotopic (exact) mass is 284 g/mol. The lowest BCUT2D eigenvalue weighted by molar-refractivity contribution is -0.141. The number of rotatable bonds is 7. The molecular weight excluding hydrogens is 264 g/mol. The third-order valence-electron chi connectivity index (χ3n) is 2.75. The molecule has 1 heterocycles. The van der Waals surface area contributed by atoms with E-state index in [0.29, 0.717) is 13.0 Å². The maximum atomic E-state index is 11.5. The summed E-state index contributed by atoms with van der Waals surface area (Å²) in [6.07, 6.45) is 1.89. The molecule has 0 aromatic carbocycles. The molecule has 0 fully saturated rings. The van der Waals surface area contributed by atoms with Crippen LogP contribution in [0.5, 0.6) is 0 Å². The molecule has 1 aromatic heterocycles. The molecule has 1 rings (SSSR count). The molecule has 20 heavy (non-hydrogen) atoms. The van der Waals surface area contributed by atoms with E-state index in [1.807, 2.05) is 13.1 Å². The van der Waals surface area contributed by atoms with Gasteiger partial charge in [0.1, 0.15) is 0 Å². The van der Waals surface area contributed by atoms with Crippen LogP contribution in [0.1, 0.15) is 19.0 Å². The Morgan fingerprint density at radius 3 is 2.70 bits per heavy atom. The predicted molar refractivity (Wildman–Crippen MR) is 71.2 cm³/mol. The molecule has 1 atom stereocenters. The van der Waals surface area contributed by atoms with Crippen molar-refractivity contribution in [3.05, 3.63) is 18.0 Å². The topological polar surface area (TPSA) is 116 Å². The highest BCUT2D eigenvalue weighted by molar-refractivity contribution is 5.74. The SMILES string of the molecule is Cn1nccc1CCNC(=O)NCC(C)(O)CC(=O)O. The van der Waals surface area contributed by atoms with E-state index in [-0.39, 0.29) is 6.54 Å². The zero-order valence-corrected chi connectivity index (χ0v) is 11.6. The molecule has 2 amide bonds. The zero-order valence-electron chi connectivity index (χ0n) is 11.6. The number of carbonyl (C=O) groups is 2. The van der Waals surface area contributed by atoms with Crippen LogP contribution >= 0.6 is 0 Å². The van der Waals surface area contributed by atoms with E-state index in [9.17, 15) is 14.7 Å². The highest BCUT2D eigenvalue weighted by Crippen LogP contribution is 2.07. The van der Waals surface area contributed by atoms with Crippen LogP contribution < -0.4 is 10.6 Å². The lowest BCUT2D eigenvalue weighted by Gasteiger charge is -2.21. The fraction of sp³-hybridized carbons (Fsp3) is 0.583. The number of hydrogen-bond donors (Lipinski definition) is 4. The van der Waals surface area contributed by atoms with Crippen molar-refractivity contribution in [3.63, 3.8) is 0 Å². The van der Waals surface area contributed by atoms with Gasteiger partial charge in [-0.2, -0.15) is 5.10 Å². The van der Waals surface area contributed by atoms with E-state index in [4.69, 9.17) is 5.11 Å². The van der Waals surface area contributed by atoms with Crippen molar-refractivity contribution in [3.8, 4) is 0 Å². The fourth-order valence-corrected chi connectivity index (χ4v) is 1.67. The van der Waals surface area contributed by atoms with Crippen LogP contribution in [-0.4, -0.2) is 50.7 Å². The highest BCUT2D eigenvalue weighted by Gasteiger charge is 2.24. The predicted octanol–water partition coefficient (Wildman–Crippen LogP) is -0.512. The zero-order chi connectivity index (χ0) is 15.2. The average molecular weight is 284 g/mol. The third-order valence-corrected chi connectivity index (χ3v) is 2.75. The van der Waals surface area contributed by atoms with Crippen LogP contribution in [0, 0.1) is 0 Å². The number of carboxylic acid groups (broad SMARTS) is 1. The quantitative estimate of drug-likeness (QED) is 0.538. The second-order valence-electron chi connectivity index (χ2n) is 4.87. The first-order valence-electron chi connectivity index (χ1n) is 6.23. The second kappa shape index (κ2) is 6.90. The van der Waals surface area contributed by atoms with Crippen molar-refractivity contribution in [2.45, 2.75) is 25.4 Å². The van der Waals surface area contributed by atoms with E-state index >= 15 is 0 Å². The van der Waals surface area contributed by atoms with Gasteiger partial charge in [-0.05, 0) is 13.0 Å². The number of aliphatic carboxylic acids is 1. The van der Waals surface area contributed by atoms with Crippen LogP contribution in [0.4, 0.5) is 4.79 Å². The minimum atomic E-state index is -1.47.